The van der Waals surface area contributed by atoms with Crippen molar-refractivity contribution in [2.45, 2.75) is 84.3 Å². The van der Waals surface area contributed by atoms with E-state index in [1.165, 1.54) is 24.8 Å². The lowest BCUT2D eigenvalue weighted by Gasteiger charge is -2.59. The van der Waals surface area contributed by atoms with E-state index in [0.717, 1.165) is 6.42 Å². The van der Waals surface area contributed by atoms with Crippen LogP contribution in [0, 0.1) is 17.3 Å². The maximum Gasteiger partial charge on any atom is 0.132 e. The monoisotopic (exact) mass is 418 g/mol. The van der Waals surface area contributed by atoms with E-state index in [-0.39, 0.29) is 28.8 Å². The van der Waals surface area contributed by atoms with Gasteiger partial charge in [-0.15, -0.1) is 0 Å². The Morgan fingerprint density at radius 2 is 1.71 bits per heavy atom. The zero-order valence-electron chi connectivity index (χ0n) is 19.9. The molecule has 2 aromatic carbocycles. The molecule has 2 heteroatoms. The van der Waals surface area contributed by atoms with E-state index >= 15 is 0 Å². The van der Waals surface area contributed by atoms with Crippen molar-refractivity contribution in [2.75, 3.05) is 0 Å². The van der Waals surface area contributed by atoms with Crippen LogP contribution in [0.2, 0.25) is 0 Å². The second-order valence-electron chi connectivity index (χ2n) is 10.8. The molecule has 0 N–H and O–H groups in total. The van der Waals surface area contributed by atoms with E-state index in [9.17, 15) is 4.79 Å². The number of ketones is 1. The van der Waals surface area contributed by atoms with Gasteiger partial charge in [0.1, 0.15) is 5.78 Å². The molecule has 2 unspecified atom stereocenters. The molecule has 0 heterocycles. The van der Waals surface area contributed by atoms with Crippen LogP contribution in [0.1, 0.15) is 83.1 Å². The predicted octanol–water partition coefficient (Wildman–Crippen LogP) is 7.07. The predicted molar refractivity (Wildman–Crippen MR) is 127 cm³/mol. The zero-order chi connectivity index (χ0) is 22.2. The van der Waals surface area contributed by atoms with E-state index in [1.807, 2.05) is 6.92 Å². The molecule has 1 fully saturated rings. The van der Waals surface area contributed by atoms with Gasteiger partial charge in [0.2, 0.25) is 0 Å². The maximum absolute atomic E-state index is 11.7. The number of benzene rings is 2. The molecule has 0 aliphatic heterocycles. The van der Waals surface area contributed by atoms with Crippen molar-refractivity contribution in [3.8, 4) is 0 Å². The Morgan fingerprint density at radius 1 is 1.03 bits per heavy atom. The molecule has 0 bridgehead atoms. The highest BCUT2D eigenvalue weighted by atomic mass is 16.5. The summed E-state index contributed by atoms with van der Waals surface area (Å²) < 4.78 is 6.68. The molecule has 0 aromatic heterocycles. The Morgan fingerprint density at radius 3 is 2.42 bits per heavy atom. The lowest BCUT2D eigenvalue weighted by Crippen LogP contribution is -2.53. The van der Waals surface area contributed by atoms with Crippen molar-refractivity contribution in [3.05, 3.63) is 71.3 Å². The third-order valence-corrected chi connectivity index (χ3v) is 8.38. The first-order chi connectivity index (χ1) is 14.7. The molecule has 4 rings (SSSR count). The molecule has 2 aliphatic rings. The smallest absolute Gasteiger partial charge is 0.132 e. The average Bonchev–Trinajstić information content (AvgIpc) is 2.72. The second-order valence-corrected chi connectivity index (χ2v) is 10.8. The summed E-state index contributed by atoms with van der Waals surface area (Å²) in [5.74, 6) is 1.23. The molecule has 0 saturated heterocycles. The number of carbonyl (C=O) groups is 1. The van der Waals surface area contributed by atoms with Gasteiger partial charge in [-0.2, -0.15) is 0 Å². The third kappa shape index (κ3) is 4.12. The molecular weight excluding hydrogens is 380 g/mol. The number of Topliss-reactive ketones (excluding diaryl/α,β-unsaturated/α-hetero) is 1. The SMILES string of the molecule is CC(=O)CC(C)O[C@@H](c1ccccc1)[C@H]1CC[C@]2(C)c3ccccc3CCC2C1(C)C. The number of hydrogen-bond donors (Lipinski definition) is 0. The van der Waals surface area contributed by atoms with Gasteiger partial charge in [-0.05, 0) is 78.9 Å². The van der Waals surface area contributed by atoms with Crippen molar-refractivity contribution in [1.29, 1.82) is 0 Å². The van der Waals surface area contributed by atoms with Crippen LogP contribution in [0.3, 0.4) is 0 Å². The van der Waals surface area contributed by atoms with E-state index in [2.05, 4.69) is 75.4 Å². The number of fused-ring (bicyclic) bond motifs is 3. The lowest BCUT2D eigenvalue weighted by molar-refractivity contribution is -0.131. The first kappa shape index (κ1) is 22.3. The number of hydrogen-bond acceptors (Lipinski definition) is 2. The number of rotatable bonds is 6. The quantitative estimate of drug-likeness (QED) is 0.501. The first-order valence-electron chi connectivity index (χ1n) is 12.0. The van der Waals surface area contributed by atoms with Crippen molar-refractivity contribution >= 4 is 5.78 Å². The highest BCUT2D eigenvalue weighted by Crippen LogP contribution is 2.61. The van der Waals surface area contributed by atoms with Gasteiger partial charge in [-0.1, -0.05) is 75.4 Å². The zero-order valence-corrected chi connectivity index (χ0v) is 19.9. The van der Waals surface area contributed by atoms with Crippen LogP contribution >= 0.6 is 0 Å². The molecule has 5 atom stereocenters. The average molecular weight is 419 g/mol. The minimum Gasteiger partial charge on any atom is -0.370 e. The molecule has 0 spiro atoms. The fraction of sp³-hybridized carbons (Fsp3) is 0.552. The van der Waals surface area contributed by atoms with Gasteiger partial charge >= 0.3 is 0 Å². The van der Waals surface area contributed by atoms with Gasteiger partial charge in [0.15, 0.2) is 0 Å². The molecule has 0 amide bonds. The van der Waals surface area contributed by atoms with Crippen LogP contribution in [0.15, 0.2) is 54.6 Å². The molecule has 31 heavy (non-hydrogen) atoms. The first-order valence-corrected chi connectivity index (χ1v) is 12.0. The molecule has 2 nitrogen and oxygen atoms in total. The van der Waals surface area contributed by atoms with Crippen molar-refractivity contribution < 1.29 is 9.53 Å². The molecule has 166 valence electrons. The van der Waals surface area contributed by atoms with E-state index < -0.39 is 0 Å². The summed E-state index contributed by atoms with van der Waals surface area (Å²) >= 11 is 0. The summed E-state index contributed by atoms with van der Waals surface area (Å²) in [5.41, 5.74) is 4.72. The normalized spacial score (nSPS) is 28.8. The van der Waals surface area contributed by atoms with Gasteiger partial charge in [0.25, 0.3) is 0 Å². The van der Waals surface area contributed by atoms with Crippen LogP contribution in [0.5, 0.6) is 0 Å². The fourth-order valence-electron chi connectivity index (χ4n) is 6.98. The Hall–Kier alpha value is -1.93. The summed E-state index contributed by atoms with van der Waals surface area (Å²) in [5, 5.41) is 0. The summed E-state index contributed by atoms with van der Waals surface area (Å²) in [4.78, 5) is 11.7. The van der Waals surface area contributed by atoms with Crippen molar-refractivity contribution in [1.82, 2.24) is 0 Å². The van der Waals surface area contributed by atoms with Gasteiger partial charge in [0.05, 0.1) is 12.2 Å². The van der Waals surface area contributed by atoms with Gasteiger partial charge in [0, 0.05) is 6.42 Å². The minimum absolute atomic E-state index is 0.0206. The van der Waals surface area contributed by atoms with Gasteiger partial charge in [-0.3, -0.25) is 4.79 Å². The standard InChI is InChI=1S/C29H38O2/c1-20(30)19-21(2)31-27(23-12-7-6-8-13-23)25-17-18-29(5)24-14-10-9-11-22(24)15-16-26(29)28(25,3)4/h6-14,21,25-27H,15-19H2,1-5H3/t21?,25-,26?,27+,29-/m1/s1. The Balaban J connectivity index is 1.69. The lowest BCUT2D eigenvalue weighted by atomic mass is 9.46. The van der Waals surface area contributed by atoms with Gasteiger partial charge in [-0.25, -0.2) is 0 Å². The summed E-state index contributed by atoms with van der Waals surface area (Å²) in [6.45, 7) is 11.2. The number of aryl methyl sites for hydroxylation is 1. The van der Waals surface area contributed by atoms with Crippen molar-refractivity contribution in [3.63, 3.8) is 0 Å². The van der Waals surface area contributed by atoms with Crippen molar-refractivity contribution in [2.24, 2.45) is 17.3 Å². The van der Waals surface area contributed by atoms with Crippen LogP contribution in [-0.2, 0) is 21.4 Å². The van der Waals surface area contributed by atoms with Crippen LogP contribution < -0.4 is 0 Å². The van der Waals surface area contributed by atoms with E-state index in [4.69, 9.17) is 4.74 Å². The molecule has 2 aromatic rings. The summed E-state index contributed by atoms with van der Waals surface area (Å²) in [6.07, 6.45) is 5.17. The third-order valence-electron chi connectivity index (χ3n) is 8.38. The maximum atomic E-state index is 11.7. The number of ether oxygens (including phenoxy) is 1. The summed E-state index contributed by atoms with van der Waals surface area (Å²) in [6, 6.07) is 19.8. The van der Waals surface area contributed by atoms with E-state index in [0.29, 0.717) is 18.3 Å². The molecule has 2 aliphatic carbocycles. The Kier molecular flexibility index (Phi) is 6.14. The molecular formula is C29H38O2. The fourth-order valence-corrected chi connectivity index (χ4v) is 6.98. The highest BCUT2D eigenvalue weighted by Gasteiger charge is 2.55. The van der Waals surface area contributed by atoms with Crippen LogP contribution in [0.25, 0.3) is 0 Å². The molecule has 0 radical (unpaired) electrons. The number of carbonyl (C=O) groups excluding carboxylic acids is 1. The van der Waals surface area contributed by atoms with Crippen LogP contribution in [0.4, 0.5) is 0 Å². The second kappa shape index (κ2) is 8.54. The Labute approximate surface area is 188 Å². The highest BCUT2D eigenvalue weighted by molar-refractivity contribution is 5.75. The minimum atomic E-state index is -0.0705. The molecule has 1 saturated carbocycles. The summed E-state index contributed by atoms with van der Waals surface area (Å²) in [7, 11) is 0. The topological polar surface area (TPSA) is 26.3 Å². The van der Waals surface area contributed by atoms with Crippen LogP contribution in [-0.4, -0.2) is 11.9 Å². The Bertz CT molecular complexity index is 915. The van der Waals surface area contributed by atoms with Gasteiger partial charge < -0.3 is 4.74 Å². The largest absolute Gasteiger partial charge is 0.370 e. The van der Waals surface area contributed by atoms with E-state index in [1.54, 1.807) is 18.1 Å².